The minimum atomic E-state index is -0.368. The van der Waals surface area contributed by atoms with Crippen LogP contribution in [0.4, 0.5) is 0 Å². The number of hydrogen-bond acceptors (Lipinski definition) is 3. The fourth-order valence-electron chi connectivity index (χ4n) is 0.321. The molecule has 0 aliphatic carbocycles. The van der Waals surface area contributed by atoms with E-state index in [0.717, 1.165) is 0 Å². The number of aliphatic hydroxyl groups is 1. The first-order valence-electron chi connectivity index (χ1n) is 2.45. The largest absolute Gasteiger partial charge is 0.460 e. The van der Waals surface area contributed by atoms with Gasteiger partial charge in [-0.05, 0) is 6.92 Å². The van der Waals surface area contributed by atoms with Gasteiger partial charge in [0.1, 0.15) is 6.10 Å². The topological polar surface area (TPSA) is 46.5 Å². The van der Waals surface area contributed by atoms with E-state index in [1.165, 1.54) is 6.92 Å². The summed E-state index contributed by atoms with van der Waals surface area (Å²) in [6, 6.07) is 0. The van der Waals surface area contributed by atoms with Gasteiger partial charge in [0, 0.05) is 6.92 Å². The number of rotatable bonds is 2. The molecule has 3 nitrogen and oxygen atoms in total. The monoisotopic (exact) mass is 118 g/mol. The van der Waals surface area contributed by atoms with Crippen LogP contribution in [-0.2, 0) is 9.53 Å². The Kier molecular flexibility index (Phi) is 3.19. The Bertz CT molecular complexity index is 79.7. The molecular weight excluding hydrogens is 108 g/mol. The molecule has 1 atom stereocenters. The van der Waals surface area contributed by atoms with Gasteiger partial charge in [0.25, 0.3) is 0 Å². The molecule has 0 heterocycles. The van der Waals surface area contributed by atoms with Crippen molar-refractivity contribution in [2.45, 2.75) is 20.0 Å². The van der Waals surface area contributed by atoms with E-state index < -0.39 is 0 Å². The van der Waals surface area contributed by atoms with Crippen LogP contribution in [0.5, 0.6) is 0 Å². The molecular formula is C5H10O3. The molecule has 0 radical (unpaired) electrons. The molecule has 0 saturated carbocycles. The Morgan fingerprint density at radius 2 is 2.38 bits per heavy atom. The van der Waals surface area contributed by atoms with Gasteiger partial charge >= 0.3 is 5.97 Å². The highest BCUT2D eigenvalue weighted by atomic mass is 16.5. The minimum Gasteiger partial charge on any atom is -0.460 e. The number of aliphatic hydroxyl groups excluding tert-OH is 1. The van der Waals surface area contributed by atoms with Gasteiger partial charge in [-0.2, -0.15) is 0 Å². The SMILES string of the molecule is CC(=O)O[C@@H](C)CO. The van der Waals surface area contributed by atoms with Crippen molar-refractivity contribution < 1.29 is 14.6 Å². The molecule has 0 aliphatic heterocycles. The van der Waals surface area contributed by atoms with Crippen molar-refractivity contribution in [3.63, 3.8) is 0 Å². The van der Waals surface area contributed by atoms with Crippen LogP contribution in [0.25, 0.3) is 0 Å². The number of hydrogen-bond donors (Lipinski definition) is 1. The third kappa shape index (κ3) is 3.61. The highest BCUT2D eigenvalue weighted by Gasteiger charge is 2.00. The zero-order valence-corrected chi connectivity index (χ0v) is 5.05. The molecule has 0 saturated heterocycles. The molecule has 0 bridgehead atoms. The summed E-state index contributed by atoms with van der Waals surface area (Å²) in [5, 5.41) is 8.31. The van der Waals surface area contributed by atoms with E-state index >= 15 is 0 Å². The van der Waals surface area contributed by atoms with Crippen LogP contribution in [0.2, 0.25) is 0 Å². The summed E-state index contributed by atoms with van der Waals surface area (Å²) in [7, 11) is 0. The van der Waals surface area contributed by atoms with Gasteiger partial charge in [-0.25, -0.2) is 0 Å². The summed E-state index contributed by atoms with van der Waals surface area (Å²) in [6.07, 6.45) is -0.368. The lowest BCUT2D eigenvalue weighted by atomic mass is 10.4. The molecule has 8 heavy (non-hydrogen) atoms. The Morgan fingerprint density at radius 3 is 2.50 bits per heavy atom. The molecule has 48 valence electrons. The van der Waals surface area contributed by atoms with E-state index in [9.17, 15) is 4.79 Å². The van der Waals surface area contributed by atoms with Crippen molar-refractivity contribution in [2.24, 2.45) is 0 Å². The summed E-state index contributed by atoms with van der Waals surface area (Å²) >= 11 is 0. The molecule has 0 fully saturated rings. The Hall–Kier alpha value is -0.570. The summed E-state index contributed by atoms with van der Waals surface area (Å²) in [6.45, 7) is 2.83. The van der Waals surface area contributed by atoms with Gasteiger partial charge in [-0.15, -0.1) is 0 Å². The lowest BCUT2D eigenvalue weighted by Gasteiger charge is -2.05. The Morgan fingerprint density at radius 1 is 1.88 bits per heavy atom. The predicted octanol–water partition coefficient (Wildman–Crippen LogP) is -0.0697. The maximum Gasteiger partial charge on any atom is 0.302 e. The molecule has 0 aliphatic rings. The zero-order chi connectivity index (χ0) is 6.57. The average Bonchev–Trinajstić information content (AvgIpc) is 1.65. The molecule has 0 rings (SSSR count). The van der Waals surface area contributed by atoms with Crippen molar-refractivity contribution in [3.8, 4) is 0 Å². The highest BCUT2D eigenvalue weighted by molar-refractivity contribution is 5.66. The van der Waals surface area contributed by atoms with Crippen molar-refractivity contribution in [3.05, 3.63) is 0 Å². The van der Waals surface area contributed by atoms with Crippen LogP contribution in [0, 0.1) is 0 Å². The van der Waals surface area contributed by atoms with Gasteiger partial charge in [0.15, 0.2) is 0 Å². The molecule has 0 amide bonds. The summed E-state index contributed by atoms with van der Waals surface area (Å²) < 4.78 is 4.51. The van der Waals surface area contributed by atoms with E-state index in [2.05, 4.69) is 4.74 Å². The van der Waals surface area contributed by atoms with Gasteiger partial charge in [0.2, 0.25) is 0 Å². The zero-order valence-electron chi connectivity index (χ0n) is 5.05. The molecule has 0 unspecified atom stereocenters. The van der Waals surface area contributed by atoms with E-state index in [0.29, 0.717) is 0 Å². The predicted molar refractivity (Wildman–Crippen MR) is 28.3 cm³/mol. The van der Waals surface area contributed by atoms with Crippen LogP contribution in [0.1, 0.15) is 13.8 Å². The van der Waals surface area contributed by atoms with Crippen LogP contribution in [0.3, 0.4) is 0 Å². The van der Waals surface area contributed by atoms with Crippen LogP contribution in [-0.4, -0.2) is 23.8 Å². The smallest absolute Gasteiger partial charge is 0.302 e. The first kappa shape index (κ1) is 7.43. The van der Waals surface area contributed by atoms with Gasteiger partial charge in [-0.3, -0.25) is 4.79 Å². The summed E-state index contributed by atoms with van der Waals surface area (Å²) in [5.74, 6) is -0.355. The maximum atomic E-state index is 10.1. The van der Waals surface area contributed by atoms with Crippen LogP contribution < -0.4 is 0 Å². The molecule has 0 aromatic heterocycles. The number of carbonyl (C=O) groups is 1. The number of carbonyl (C=O) groups excluding carboxylic acids is 1. The van der Waals surface area contributed by atoms with Crippen molar-refractivity contribution in [2.75, 3.05) is 6.61 Å². The Labute approximate surface area is 48.3 Å². The molecule has 0 spiro atoms. The normalized spacial score (nSPS) is 12.9. The Balaban J connectivity index is 3.24. The van der Waals surface area contributed by atoms with Crippen molar-refractivity contribution >= 4 is 5.97 Å². The molecule has 1 N–H and O–H groups in total. The second kappa shape index (κ2) is 3.43. The van der Waals surface area contributed by atoms with Crippen molar-refractivity contribution in [1.29, 1.82) is 0 Å². The fourth-order valence-corrected chi connectivity index (χ4v) is 0.321. The standard InChI is InChI=1S/C5H10O3/c1-4(3-6)8-5(2)7/h4,6H,3H2,1-2H3/t4-/m0/s1. The van der Waals surface area contributed by atoms with Gasteiger partial charge in [-0.1, -0.05) is 0 Å². The summed E-state index contributed by atoms with van der Waals surface area (Å²) in [5.41, 5.74) is 0. The lowest BCUT2D eigenvalue weighted by molar-refractivity contribution is -0.147. The van der Waals surface area contributed by atoms with Gasteiger partial charge in [0.05, 0.1) is 6.61 Å². The second-order valence-electron chi connectivity index (χ2n) is 1.60. The van der Waals surface area contributed by atoms with E-state index in [-0.39, 0.29) is 18.7 Å². The minimum absolute atomic E-state index is 0.112. The average molecular weight is 118 g/mol. The highest BCUT2D eigenvalue weighted by Crippen LogP contribution is 1.86. The van der Waals surface area contributed by atoms with Gasteiger partial charge < -0.3 is 9.84 Å². The van der Waals surface area contributed by atoms with E-state index in [1.54, 1.807) is 6.92 Å². The van der Waals surface area contributed by atoms with Crippen molar-refractivity contribution in [1.82, 2.24) is 0 Å². The lowest BCUT2D eigenvalue weighted by Crippen LogP contribution is -2.15. The summed E-state index contributed by atoms with van der Waals surface area (Å²) in [4.78, 5) is 10.1. The van der Waals surface area contributed by atoms with E-state index in [4.69, 9.17) is 5.11 Å². The molecule has 0 aromatic carbocycles. The quantitative estimate of drug-likeness (QED) is 0.516. The third-order valence-corrected chi connectivity index (χ3v) is 0.624. The maximum absolute atomic E-state index is 10.1. The second-order valence-corrected chi connectivity index (χ2v) is 1.60. The van der Waals surface area contributed by atoms with E-state index in [1.807, 2.05) is 0 Å². The fraction of sp³-hybridized carbons (Fsp3) is 0.800. The first-order chi connectivity index (χ1) is 3.66. The van der Waals surface area contributed by atoms with Crippen LogP contribution in [0.15, 0.2) is 0 Å². The van der Waals surface area contributed by atoms with Crippen LogP contribution >= 0.6 is 0 Å². The number of ether oxygens (including phenoxy) is 1. The molecule has 3 heteroatoms. The first-order valence-corrected chi connectivity index (χ1v) is 2.45. The molecule has 0 aromatic rings. The number of esters is 1. The third-order valence-electron chi connectivity index (χ3n) is 0.624.